The molecule has 5 nitrogen and oxygen atoms in total. The van der Waals surface area contributed by atoms with Crippen molar-refractivity contribution in [3.63, 3.8) is 0 Å². The fraction of sp³-hybridized carbons (Fsp3) is 0.733. The number of nitrogens with two attached hydrogens (primary N) is 1. The molecule has 1 aromatic rings. The first-order chi connectivity index (χ1) is 9.45. The number of hydrogen-bond donors (Lipinski definition) is 1. The maximum absolute atomic E-state index is 12.5. The molecule has 2 N–H and O–H groups in total. The van der Waals surface area contributed by atoms with Gasteiger partial charge < -0.3 is 10.6 Å². The molecule has 0 aromatic carbocycles. The highest BCUT2D eigenvalue weighted by Gasteiger charge is 2.34. The first kappa shape index (κ1) is 15.0. The largest absolute Gasteiger partial charge is 0.341 e. The summed E-state index contributed by atoms with van der Waals surface area (Å²) in [4.78, 5) is 14.4. The van der Waals surface area contributed by atoms with Crippen LogP contribution in [0.25, 0.3) is 0 Å². The van der Waals surface area contributed by atoms with E-state index in [9.17, 15) is 4.79 Å². The zero-order valence-electron chi connectivity index (χ0n) is 12.8. The molecule has 0 bridgehead atoms. The first-order valence-corrected chi connectivity index (χ1v) is 7.52. The lowest BCUT2D eigenvalue weighted by molar-refractivity contribution is -0.137. The van der Waals surface area contributed by atoms with Crippen molar-refractivity contribution < 1.29 is 4.79 Å². The summed E-state index contributed by atoms with van der Waals surface area (Å²) in [6.45, 7) is 5.51. The number of nitrogens with zero attached hydrogens (tertiary/aromatic N) is 3. The van der Waals surface area contributed by atoms with Crippen molar-refractivity contribution in [3.05, 3.63) is 18.0 Å². The van der Waals surface area contributed by atoms with Gasteiger partial charge in [-0.05, 0) is 32.3 Å². The van der Waals surface area contributed by atoms with E-state index in [-0.39, 0.29) is 5.91 Å². The molecule has 1 unspecified atom stereocenters. The van der Waals surface area contributed by atoms with Crippen LogP contribution >= 0.6 is 0 Å². The van der Waals surface area contributed by atoms with Crippen molar-refractivity contribution in [2.45, 2.75) is 51.0 Å². The van der Waals surface area contributed by atoms with Crippen molar-refractivity contribution in [1.29, 1.82) is 0 Å². The Bertz CT molecular complexity index is 458. The monoisotopic (exact) mass is 278 g/mol. The van der Waals surface area contributed by atoms with Crippen LogP contribution in [0.5, 0.6) is 0 Å². The second kappa shape index (κ2) is 5.95. The van der Waals surface area contributed by atoms with Crippen molar-refractivity contribution in [2.24, 2.45) is 12.8 Å². The number of carbonyl (C=O) groups excluding carboxylic acids is 1. The SMILES string of the molecule is CCCC(C)(N)C(=O)N1CCC(c2ccnn2C)CC1. The molecule has 0 radical (unpaired) electrons. The zero-order valence-corrected chi connectivity index (χ0v) is 12.8. The molecule has 1 saturated heterocycles. The van der Waals surface area contributed by atoms with Crippen LogP contribution in [0.3, 0.4) is 0 Å². The Labute approximate surface area is 121 Å². The van der Waals surface area contributed by atoms with Gasteiger partial charge in [-0.15, -0.1) is 0 Å². The summed E-state index contributed by atoms with van der Waals surface area (Å²) in [6.07, 6.45) is 5.50. The van der Waals surface area contributed by atoms with Crippen LogP contribution in [0.4, 0.5) is 0 Å². The van der Waals surface area contributed by atoms with Crippen molar-refractivity contribution in [3.8, 4) is 0 Å². The minimum Gasteiger partial charge on any atom is -0.341 e. The van der Waals surface area contributed by atoms with E-state index in [0.717, 1.165) is 38.8 Å². The number of amides is 1. The summed E-state index contributed by atoms with van der Waals surface area (Å²) >= 11 is 0. The number of likely N-dealkylation sites (tertiary alicyclic amines) is 1. The van der Waals surface area contributed by atoms with E-state index in [4.69, 9.17) is 5.73 Å². The van der Waals surface area contributed by atoms with Gasteiger partial charge in [0.05, 0.1) is 5.54 Å². The quantitative estimate of drug-likeness (QED) is 0.910. The van der Waals surface area contributed by atoms with Crippen LogP contribution < -0.4 is 5.73 Å². The third-order valence-corrected chi connectivity index (χ3v) is 4.32. The van der Waals surface area contributed by atoms with Gasteiger partial charge in [-0.2, -0.15) is 5.10 Å². The molecule has 0 aliphatic carbocycles. The Hall–Kier alpha value is -1.36. The van der Waals surface area contributed by atoms with E-state index in [1.54, 1.807) is 0 Å². The number of piperidine rings is 1. The smallest absolute Gasteiger partial charge is 0.242 e. The topological polar surface area (TPSA) is 64.2 Å². The Morgan fingerprint density at radius 2 is 2.15 bits per heavy atom. The number of hydrogen-bond acceptors (Lipinski definition) is 3. The van der Waals surface area contributed by atoms with E-state index in [1.807, 2.05) is 29.7 Å². The number of aromatic nitrogens is 2. The summed E-state index contributed by atoms with van der Waals surface area (Å²) in [7, 11) is 1.98. The van der Waals surface area contributed by atoms with E-state index in [0.29, 0.717) is 5.92 Å². The molecule has 0 spiro atoms. The normalized spacial score (nSPS) is 19.9. The molecule has 20 heavy (non-hydrogen) atoms. The third kappa shape index (κ3) is 3.03. The lowest BCUT2D eigenvalue weighted by Crippen LogP contribution is -2.54. The lowest BCUT2D eigenvalue weighted by atomic mass is 9.90. The molecule has 1 fully saturated rings. The predicted molar refractivity (Wildman–Crippen MR) is 79.3 cm³/mol. The fourth-order valence-corrected chi connectivity index (χ4v) is 3.15. The van der Waals surface area contributed by atoms with Gasteiger partial charge in [-0.25, -0.2) is 0 Å². The van der Waals surface area contributed by atoms with Crippen LogP contribution in [-0.2, 0) is 11.8 Å². The van der Waals surface area contributed by atoms with Crippen molar-refractivity contribution in [1.82, 2.24) is 14.7 Å². The van der Waals surface area contributed by atoms with Gasteiger partial charge >= 0.3 is 0 Å². The van der Waals surface area contributed by atoms with Crippen LogP contribution in [0.15, 0.2) is 12.3 Å². The van der Waals surface area contributed by atoms with Crippen molar-refractivity contribution >= 4 is 5.91 Å². The summed E-state index contributed by atoms with van der Waals surface area (Å²) < 4.78 is 1.94. The van der Waals surface area contributed by atoms with Crippen LogP contribution in [0, 0.1) is 0 Å². The Morgan fingerprint density at radius 3 is 2.65 bits per heavy atom. The Kier molecular flexibility index (Phi) is 4.48. The summed E-state index contributed by atoms with van der Waals surface area (Å²) in [5.41, 5.74) is 6.70. The van der Waals surface area contributed by atoms with E-state index in [1.165, 1.54) is 5.69 Å². The van der Waals surface area contributed by atoms with Gasteiger partial charge in [0, 0.05) is 37.9 Å². The van der Waals surface area contributed by atoms with Gasteiger partial charge in [-0.3, -0.25) is 9.48 Å². The lowest BCUT2D eigenvalue weighted by Gasteiger charge is -2.36. The molecule has 5 heteroatoms. The van der Waals surface area contributed by atoms with Crippen molar-refractivity contribution in [2.75, 3.05) is 13.1 Å². The summed E-state index contributed by atoms with van der Waals surface area (Å²) in [5.74, 6) is 0.601. The molecule has 1 aliphatic heterocycles. The van der Waals surface area contributed by atoms with Gasteiger partial charge in [-0.1, -0.05) is 13.3 Å². The van der Waals surface area contributed by atoms with Gasteiger partial charge in [0.2, 0.25) is 5.91 Å². The zero-order chi connectivity index (χ0) is 14.8. The van der Waals surface area contributed by atoms with Crippen LogP contribution in [-0.4, -0.2) is 39.2 Å². The minimum atomic E-state index is -0.714. The third-order valence-electron chi connectivity index (χ3n) is 4.32. The average Bonchev–Trinajstić information content (AvgIpc) is 2.84. The average molecular weight is 278 g/mol. The van der Waals surface area contributed by atoms with Gasteiger partial charge in [0.15, 0.2) is 0 Å². The second-order valence-corrected chi connectivity index (χ2v) is 6.11. The van der Waals surface area contributed by atoms with Crippen LogP contribution in [0.2, 0.25) is 0 Å². The number of rotatable bonds is 4. The highest BCUT2D eigenvalue weighted by Crippen LogP contribution is 2.28. The molecule has 2 heterocycles. The van der Waals surface area contributed by atoms with Crippen LogP contribution in [0.1, 0.15) is 51.1 Å². The summed E-state index contributed by atoms with van der Waals surface area (Å²) in [6, 6.07) is 2.08. The predicted octanol–water partition coefficient (Wildman–Crippen LogP) is 1.64. The first-order valence-electron chi connectivity index (χ1n) is 7.52. The Morgan fingerprint density at radius 1 is 1.50 bits per heavy atom. The standard InChI is InChI=1S/C15H26N4O/c1-4-8-15(2,16)14(20)19-10-6-12(7-11-19)13-5-9-17-18(13)3/h5,9,12H,4,6-8,10-11,16H2,1-3H3. The Balaban J connectivity index is 1.94. The molecule has 1 aliphatic rings. The number of carbonyl (C=O) groups is 1. The molecule has 1 atom stereocenters. The second-order valence-electron chi connectivity index (χ2n) is 6.11. The summed E-state index contributed by atoms with van der Waals surface area (Å²) in [5, 5.41) is 4.23. The number of aryl methyl sites for hydroxylation is 1. The molecule has 1 aromatic heterocycles. The minimum absolute atomic E-state index is 0.0998. The molecule has 2 rings (SSSR count). The molecule has 0 saturated carbocycles. The molecular weight excluding hydrogens is 252 g/mol. The highest BCUT2D eigenvalue weighted by molar-refractivity contribution is 5.85. The van der Waals surface area contributed by atoms with Gasteiger partial charge in [0.25, 0.3) is 0 Å². The molecule has 112 valence electrons. The maximum atomic E-state index is 12.5. The van der Waals surface area contributed by atoms with E-state index in [2.05, 4.69) is 18.1 Å². The van der Waals surface area contributed by atoms with Gasteiger partial charge in [0.1, 0.15) is 0 Å². The molecule has 1 amide bonds. The molecular formula is C15H26N4O. The highest BCUT2D eigenvalue weighted by atomic mass is 16.2. The fourth-order valence-electron chi connectivity index (χ4n) is 3.15. The van der Waals surface area contributed by atoms with E-state index < -0.39 is 5.54 Å². The van der Waals surface area contributed by atoms with E-state index >= 15 is 0 Å². The maximum Gasteiger partial charge on any atom is 0.242 e.